The predicted octanol–water partition coefficient (Wildman–Crippen LogP) is 4.80. The van der Waals surface area contributed by atoms with E-state index in [0.29, 0.717) is 12.6 Å². The molecule has 6 heteroatoms. The Morgan fingerprint density at radius 1 is 1.17 bits per heavy atom. The van der Waals surface area contributed by atoms with Crippen LogP contribution in [0.5, 0.6) is 0 Å². The van der Waals surface area contributed by atoms with E-state index in [1.807, 2.05) is 6.08 Å². The first-order valence-electron chi connectivity index (χ1n) is 10.5. The van der Waals surface area contributed by atoms with Crippen LogP contribution in [0.3, 0.4) is 0 Å². The summed E-state index contributed by atoms with van der Waals surface area (Å²) in [6.07, 6.45) is 12.3. The maximum absolute atomic E-state index is 12.2. The quantitative estimate of drug-likeness (QED) is 0.384. The lowest BCUT2D eigenvalue weighted by Gasteiger charge is -2.16. The van der Waals surface area contributed by atoms with Gasteiger partial charge in [-0.2, -0.15) is 0 Å². The Kier molecular flexibility index (Phi) is 7.53. The number of thioether (sulfide) groups is 1. The number of aromatic nitrogens is 3. The van der Waals surface area contributed by atoms with Crippen LogP contribution in [0.1, 0.15) is 66.2 Å². The van der Waals surface area contributed by atoms with Crippen LogP contribution in [0.25, 0.3) is 6.08 Å². The monoisotopic (exact) mass is 412 g/mol. The standard InChI is InChI=1S/C23H32N4OS/c1-16-14-18(3)19(15-17(16)2)11-12-22(28)24-13-7-10-21-25-26-23(29-4)27(21)20-8-5-6-9-20/h11-12,14-15,20H,5-10,13H2,1-4H3,(H,24,28)/b12-11+. The zero-order chi connectivity index (χ0) is 20.8. The van der Waals surface area contributed by atoms with E-state index in [4.69, 9.17) is 0 Å². The molecule has 1 aliphatic rings. The summed E-state index contributed by atoms with van der Waals surface area (Å²) in [5.41, 5.74) is 4.80. The van der Waals surface area contributed by atoms with Crippen molar-refractivity contribution in [1.29, 1.82) is 0 Å². The number of nitrogens with zero attached hydrogens (tertiary/aromatic N) is 3. The van der Waals surface area contributed by atoms with Gasteiger partial charge in [-0.25, -0.2) is 0 Å². The number of hydrogen-bond donors (Lipinski definition) is 1. The second-order valence-electron chi connectivity index (χ2n) is 7.93. The van der Waals surface area contributed by atoms with E-state index >= 15 is 0 Å². The van der Waals surface area contributed by atoms with E-state index in [9.17, 15) is 4.79 Å². The van der Waals surface area contributed by atoms with Gasteiger partial charge in [-0.05, 0) is 74.6 Å². The Balaban J connectivity index is 1.50. The number of hydrogen-bond acceptors (Lipinski definition) is 4. The van der Waals surface area contributed by atoms with Crippen LogP contribution in [-0.2, 0) is 11.2 Å². The summed E-state index contributed by atoms with van der Waals surface area (Å²) in [7, 11) is 0. The molecule has 1 fully saturated rings. The van der Waals surface area contributed by atoms with Crippen molar-refractivity contribution in [3.05, 3.63) is 46.3 Å². The third-order valence-corrected chi connectivity index (χ3v) is 6.42. The third-order valence-electron chi connectivity index (χ3n) is 5.78. The maximum atomic E-state index is 12.2. The summed E-state index contributed by atoms with van der Waals surface area (Å²) in [4.78, 5) is 12.2. The van der Waals surface area contributed by atoms with Crippen molar-refractivity contribution in [3.8, 4) is 0 Å². The fourth-order valence-corrected chi connectivity index (χ4v) is 4.56. The van der Waals surface area contributed by atoms with Crippen LogP contribution in [0.15, 0.2) is 23.4 Å². The molecule has 5 nitrogen and oxygen atoms in total. The van der Waals surface area contributed by atoms with Crippen LogP contribution < -0.4 is 5.32 Å². The van der Waals surface area contributed by atoms with E-state index in [2.05, 4.69) is 59.2 Å². The highest BCUT2D eigenvalue weighted by Crippen LogP contribution is 2.33. The topological polar surface area (TPSA) is 59.8 Å². The van der Waals surface area contributed by atoms with Gasteiger partial charge >= 0.3 is 0 Å². The minimum Gasteiger partial charge on any atom is -0.353 e. The van der Waals surface area contributed by atoms with Gasteiger partial charge in [0.2, 0.25) is 5.91 Å². The lowest BCUT2D eigenvalue weighted by atomic mass is 10.0. The van der Waals surface area contributed by atoms with Crippen LogP contribution >= 0.6 is 11.8 Å². The predicted molar refractivity (Wildman–Crippen MR) is 120 cm³/mol. The largest absolute Gasteiger partial charge is 0.353 e. The highest BCUT2D eigenvalue weighted by Gasteiger charge is 2.23. The Morgan fingerprint density at radius 3 is 2.62 bits per heavy atom. The van der Waals surface area contributed by atoms with Crippen molar-refractivity contribution in [2.75, 3.05) is 12.8 Å². The molecule has 1 aromatic carbocycles. The van der Waals surface area contributed by atoms with Crippen molar-refractivity contribution in [1.82, 2.24) is 20.1 Å². The van der Waals surface area contributed by atoms with Gasteiger partial charge in [-0.1, -0.05) is 36.7 Å². The molecule has 2 aromatic rings. The van der Waals surface area contributed by atoms with Crippen molar-refractivity contribution in [3.63, 3.8) is 0 Å². The van der Waals surface area contributed by atoms with Gasteiger partial charge in [0.25, 0.3) is 0 Å². The first-order chi connectivity index (χ1) is 14.0. The van der Waals surface area contributed by atoms with Crippen LogP contribution in [0, 0.1) is 20.8 Å². The molecule has 1 aliphatic carbocycles. The van der Waals surface area contributed by atoms with Gasteiger partial charge in [0.15, 0.2) is 5.16 Å². The zero-order valence-electron chi connectivity index (χ0n) is 18.0. The molecule has 0 bridgehead atoms. The van der Waals surface area contributed by atoms with E-state index in [-0.39, 0.29) is 5.91 Å². The van der Waals surface area contributed by atoms with Crippen LogP contribution in [-0.4, -0.2) is 33.5 Å². The fourth-order valence-electron chi connectivity index (χ4n) is 3.99. The van der Waals surface area contributed by atoms with E-state index in [1.165, 1.54) is 42.4 Å². The average Bonchev–Trinajstić information content (AvgIpc) is 3.36. The summed E-state index contributed by atoms with van der Waals surface area (Å²) < 4.78 is 2.34. The molecule has 0 atom stereocenters. The first-order valence-corrected chi connectivity index (χ1v) is 11.7. The fraction of sp³-hybridized carbons (Fsp3) is 0.522. The van der Waals surface area contributed by atoms with Crippen LogP contribution in [0.2, 0.25) is 0 Å². The Labute approximate surface area is 178 Å². The smallest absolute Gasteiger partial charge is 0.243 e. The lowest BCUT2D eigenvalue weighted by Crippen LogP contribution is -2.23. The zero-order valence-corrected chi connectivity index (χ0v) is 18.8. The van der Waals surface area contributed by atoms with Gasteiger partial charge in [0, 0.05) is 25.1 Å². The molecular formula is C23H32N4OS. The molecule has 1 aromatic heterocycles. The number of amides is 1. The van der Waals surface area contributed by atoms with E-state index in [1.54, 1.807) is 17.8 Å². The summed E-state index contributed by atoms with van der Waals surface area (Å²) in [6, 6.07) is 4.84. The second kappa shape index (κ2) is 10.1. The Morgan fingerprint density at radius 2 is 1.90 bits per heavy atom. The number of aryl methyl sites for hydroxylation is 4. The van der Waals surface area contributed by atoms with Gasteiger partial charge in [0.05, 0.1) is 0 Å². The number of carbonyl (C=O) groups is 1. The van der Waals surface area contributed by atoms with Crippen molar-refractivity contribution < 1.29 is 4.79 Å². The molecule has 0 unspecified atom stereocenters. The molecular weight excluding hydrogens is 380 g/mol. The first kappa shape index (κ1) is 21.6. The van der Waals surface area contributed by atoms with E-state index < -0.39 is 0 Å². The summed E-state index contributed by atoms with van der Waals surface area (Å²) in [6.45, 7) is 6.92. The maximum Gasteiger partial charge on any atom is 0.243 e. The SMILES string of the molecule is CSc1nnc(CCCNC(=O)/C=C/c2cc(C)c(C)cc2C)n1C1CCCC1. The molecule has 0 radical (unpaired) electrons. The Bertz CT molecular complexity index is 881. The van der Waals surface area contributed by atoms with Gasteiger partial charge in [0.1, 0.15) is 5.82 Å². The van der Waals surface area contributed by atoms with Crippen molar-refractivity contribution >= 4 is 23.7 Å². The number of nitrogens with one attached hydrogen (secondary N) is 1. The molecule has 3 rings (SSSR count). The lowest BCUT2D eigenvalue weighted by molar-refractivity contribution is -0.116. The molecule has 1 amide bonds. The van der Waals surface area contributed by atoms with E-state index in [0.717, 1.165) is 29.4 Å². The molecule has 0 saturated heterocycles. The van der Waals surface area contributed by atoms with Gasteiger partial charge < -0.3 is 9.88 Å². The minimum atomic E-state index is -0.0512. The number of carbonyl (C=O) groups excluding carboxylic acids is 1. The summed E-state index contributed by atoms with van der Waals surface area (Å²) >= 11 is 1.67. The molecule has 29 heavy (non-hydrogen) atoms. The third kappa shape index (κ3) is 5.50. The highest BCUT2D eigenvalue weighted by molar-refractivity contribution is 7.98. The minimum absolute atomic E-state index is 0.0512. The molecule has 1 N–H and O–H groups in total. The van der Waals surface area contributed by atoms with Crippen molar-refractivity contribution in [2.45, 2.75) is 70.5 Å². The molecule has 0 spiro atoms. The molecule has 1 heterocycles. The highest BCUT2D eigenvalue weighted by atomic mass is 32.2. The van der Waals surface area contributed by atoms with Gasteiger partial charge in [-0.3, -0.25) is 4.79 Å². The van der Waals surface area contributed by atoms with Crippen molar-refractivity contribution in [2.24, 2.45) is 0 Å². The normalized spacial score (nSPS) is 14.8. The molecule has 0 aliphatic heterocycles. The average molecular weight is 413 g/mol. The van der Waals surface area contributed by atoms with Crippen LogP contribution in [0.4, 0.5) is 0 Å². The van der Waals surface area contributed by atoms with Gasteiger partial charge in [-0.15, -0.1) is 10.2 Å². The number of rotatable bonds is 8. The summed E-state index contributed by atoms with van der Waals surface area (Å²) in [5.74, 6) is 1.00. The number of benzene rings is 1. The Hall–Kier alpha value is -2.08. The summed E-state index contributed by atoms with van der Waals surface area (Å²) in [5, 5.41) is 12.8. The molecule has 1 saturated carbocycles. The molecule has 156 valence electrons. The second-order valence-corrected chi connectivity index (χ2v) is 8.71.